The summed E-state index contributed by atoms with van der Waals surface area (Å²) < 4.78 is 5.52. The van der Waals surface area contributed by atoms with Crippen LogP contribution in [0, 0.1) is 6.92 Å². The third kappa shape index (κ3) is 2.58. The van der Waals surface area contributed by atoms with Gasteiger partial charge in [-0.3, -0.25) is 0 Å². The first-order valence-electron chi connectivity index (χ1n) is 6.64. The molecule has 5 heteroatoms. The zero-order valence-corrected chi connectivity index (χ0v) is 11.8. The maximum absolute atomic E-state index is 5.91. The minimum Gasteiger partial charge on any atom is -0.489 e. The first-order valence-corrected chi connectivity index (χ1v) is 6.64. The van der Waals surface area contributed by atoms with E-state index in [2.05, 4.69) is 16.8 Å². The normalized spacial score (nSPS) is 10.7. The molecule has 3 aromatic rings. The van der Waals surface area contributed by atoms with Gasteiger partial charge in [0.05, 0.1) is 5.69 Å². The second kappa shape index (κ2) is 5.28. The number of hydrogen-bond donors (Lipinski definition) is 1. The average Bonchev–Trinajstić information content (AvgIpc) is 2.89. The molecule has 3 rings (SSSR count). The molecular formula is C16H16N4O. The van der Waals surface area contributed by atoms with Crippen molar-refractivity contribution in [2.45, 2.75) is 6.92 Å². The zero-order valence-electron chi connectivity index (χ0n) is 11.8. The summed E-state index contributed by atoms with van der Waals surface area (Å²) in [7, 11) is 0. The van der Waals surface area contributed by atoms with E-state index in [0.29, 0.717) is 6.61 Å². The van der Waals surface area contributed by atoms with Gasteiger partial charge in [-0.15, -0.1) is 10.2 Å². The Morgan fingerprint density at radius 1 is 1.24 bits per heavy atom. The lowest BCUT2D eigenvalue weighted by atomic mass is 10.2. The topological polar surface area (TPSA) is 66.0 Å². The van der Waals surface area contributed by atoms with Crippen molar-refractivity contribution in [3.05, 3.63) is 54.6 Å². The molecule has 0 unspecified atom stereocenters. The van der Waals surface area contributed by atoms with E-state index in [9.17, 15) is 0 Å². The zero-order chi connectivity index (χ0) is 14.8. The van der Waals surface area contributed by atoms with Gasteiger partial charge < -0.3 is 10.5 Å². The molecule has 0 aliphatic carbocycles. The van der Waals surface area contributed by atoms with Crippen LogP contribution in [-0.4, -0.2) is 21.6 Å². The lowest BCUT2D eigenvalue weighted by molar-refractivity contribution is 0.363. The Balaban J connectivity index is 2.01. The average molecular weight is 280 g/mol. The predicted octanol–water partition coefficient (Wildman–Crippen LogP) is 2.88. The molecule has 106 valence electrons. The quantitative estimate of drug-likeness (QED) is 0.589. The molecule has 0 radical (unpaired) electrons. The Hall–Kier alpha value is -2.82. The number of aryl methyl sites for hydroxylation is 1. The van der Waals surface area contributed by atoms with Crippen LogP contribution in [-0.2, 0) is 0 Å². The van der Waals surface area contributed by atoms with Gasteiger partial charge in [0.25, 0.3) is 0 Å². The summed E-state index contributed by atoms with van der Waals surface area (Å²) in [6.07, 6.45) is 1.71. The van der Waals surface area contributed by atoms with Crippen LogP contribution < -0.4 is 10.5 Å². The monoisotopic (exact) mass is 280 g/mol. The van der Waals surface area contributed by atoms with Crippen molar-refractivity contribution < 1.29 is 4.74 Å². The number of fused-ring (bicyclic) bond motifs is 1. The van der Waals surface area contributed by atoms with Gasteiger partial charge in [0.15, 0.2) is 0 Å². The van der Waals surface area contributed by atoms with Gasteiger partial charge >= 0.3 is 0 Å². The minimum atomic E-state index is 0.466. The first-order chi connectivity index (χ1) is 10.2. The molecule has 21 heavy (non-hydrogen) atoms. The summed E-state index contributed by atoms with van der Waals surface area (Å²) in [5, 5.41) is 8.94. The van der Waals surface area contributed by atoms with Crippen LogP contribution in [0.15, 0.2) is 49.1 Å². The lowest BCUT2D eigenvalue weighted by Gasteiger charge is -2.05. The highest BCUT2D eigenvalue weighted by Crippen LogP contribution is 2.21. The summed E-state index contributed by atoms with van der Waals surface area (Å²) in [5.41, 5.74) is 10.1. The van der Waals surface area contributed by atoms with Crippen LogP contribution in [0.2, 0.25) is 0 Å². The van der Waals surface area contributed by atoms with E-state index in [-0.39, 0.29) is 0 Å². The third-order valence-corrected chi connectivity index (χ3v) is 3.18. The summed E-state index contributed by atoms with van der Waals surface area (Å²) >= 11 is 0. The number of anilines is 1. The standard InChI is InChI=1S/C16H16N4O/c1-3-7-21-13-6-4-5-12(9-13)20-18-15-8-11(2)14(17)10-16(15)19-20/h3-6,8-10H,1,7,17H2,2H3. The van der Waals surface area contributed by atoms with Gasteiger partial charge in [-0.2, -0.15) is 4.80 Å². The van der Waals surface area contributed by atoms with E-state index in [4.69, 9.17) is 10.5 Å². The number of nitrogens with zero attached hydrogens (tertiary/aromatic N) is 3. The molecule has 2 N–H and O–H groups in total. The summed E-state index contributed by atoms with van der Waals surface area (Å²) in [6, 6.07) is 11.4. The number of ether oxygens (including phenoxy) is 1. The lowest BCUT2D eigenvalue weighted by Crippen LogP contribution is -1.99. The molecule has 0 saturated carbocycles. The summed E-state index contributed by atoms with van der Waals surface area (Å²) in [5.74, 6) is 0.754. The van der Waals surface area contributed by atoms with Crippen molar-refractivity contribution >= 4 is 16.7 Å². The highest BCUT2D eigenvalue weighted by molar-refractivity contribution is 5.79. The number of benzene rings is 2. The number of hydrogen-bond acceptors (Lipinski definition) is 4. The summed E-state index contributed by atoms with van der Waals surface area (Å²) in [6.45, 7) is 6.06. The van der Waals surface area contributed by atoms with Crippen LogP contribution in [0.3, 0.4) is 0 Å². The van der Waals surface area contributed by atoms with Gasteiger partial charge in [0.1, 0.15) is 23.4 Å². The molecule has 0 amide bonds. The molecule has 0 bridgehead atoms. The number of nitrogen functional groups attached to an aromatic ring is 1. The Morgan fingerprint density at radius 2 is 2.00 bits per heavy atom. The number of aromatic nitrogens is 3. The molecule has 0 saturated heterocycles. The fourth-order valence-corrected chi connectivity index (χ4v) is 2.05. The fourth-order valence-electron chi connectivity index (χ4n) is 2.05. The maximum Gasteiger partial charge on any atom is 0.121 e. The molecule has 0 aliphatic heterocycles. The second-order valence-corrected chi connectivity index (χ2v) is 4.78. The Morgan fingerprint density at radius 3 is 2.76 bits per heavy atom. The number of nitrogens with two attached hydrogens (primary N) is 1. The molecule has 0 fully saturated rings. The highest BCUT2D eigenvalue weighted by Gasteiger charge is 2.07. The second-order valence-electron chi connectivity index (χ2n) is 4.78. The Kier molecular flexibility index (Phi) is 3.31. The maximum atomic E-state index is 5.91. The number of rotatable bonds is 4. The van der Waals surface area contributed by atoms with Crippen molar-refractivity contribution in [3.63, 3.8) is 0 Å². The van der Waals surface area contributed by atoms with E-state index < -0.39 is 0 Å². The van der Waals surface area contributed by atoms with Crippen LogP contribution in [0.1, 0.15) is 5.56 Å². The van der Waals surface area contributed by atoms with Crippen LogP contribution >= 0.6 is 0 Å². The summed E-state index contributed by atoms with van der Waals surface area (Å²) in [4.78, 5) is 1.59. The predicted molar refractivity (Wildman–Crippen MR) is 83.7 cm³/mol. The molecule has 0 aliphatic rings. The van der Waals surface area contributed by atoms with Gasteiger partial charge in [-0.05, 0) is 36.8 Å². The fraction of sp³-hybridized carbons (Fsp3) is 0.125. The highest BCUT2D eigenvalue weighted by atomic mass is 16.5. The van der Waals surface area contributed by atoms with E-state index in [1.807, 2.05) is 43.3 Å². The molecule has 0 atom stereocenters. The van der Waals surface area contributed by atoms with Gasteiger partial charge in [-0.1, -0.05) is 18.7 Å². The van der Waals surface area contributed by atoms with Crippen LogP contribution in [0.25, 0.3) is 16.7 Å². The molecule has 5 nitrogen and oxygen atoms in total. The van der Waals surface area contributed by atoms with E-state index in [1.165, 1.54) is 0 Å². The third-order valence-electron chi connectivity index (χ3n) is 3.18. The minimum absolute atomic E-state index is 0.466. The van der Waals surface area contributed by atoms with Crippen molar-refractivity contribution in [2.24, 2.45) is 0 Å². The first kappa shape index (κ1) is 13.2. The molecule has 0 spiro atoms. The molecule has 2 aromatic carbocycles. The van der Waals surface area contributed by atoms with E-state index in [0.717, 1.165) is 33.7 Å². The molecule has 1 heterocycles. The molecular weight excluding hydrogens is 264 g/mol. The van der Waals surface area contributed by atoms with E-state index in [1.54, 1.807) is 10.9 Å². The van der Waals surface area contributed by atoms with Gasteiger partial charge in [-0.25, -0.2) is 0 Å². The molecule has 1 aromatic heterocycles. The SMILES string of the molecule is C=CCOc1cccc(-n2nc3cc(C)c(N)cc3n2)c1. The van der Waals surface area contributed by atoms with Crippen molar-refractivity contribution in [1.82, 2.24) is 15.0 Å². The van der Waals surface area contributed by atoms with Gasteiger partial charge in [0, 0.05) is 11.8 Å². The van der Waals surface area contributed by atoms with Crippen molar-refractivity contribution in [1.29, 1.82) is 0 Å². The smallest absolute Gasteiger partial charge is 0.121 e. The van der Waals surface area contributed by atoms with Gasteiger partial charge in [0.2, 0.25) is 0 Å². The van der Waals surface area contributed by atoms with Crippen molar-refractivity contribution in [2.75, 3.05) is 12.3 Å². The van der Waals surface area contributed by atoms with Crippen molar-refractivity contribution in [3.8, 4) is 11.4 Å². The van der Waals surface area contributed by atoms with E-state index >= 15 is 0 Å². The van der Waals surface area contributed by atoms with Crippen LogP contribution in [0.5, 0.6) is 5.75 Å². The Labute approximate surface area is 122 Å². The Bertz CT molecular complexity index is 768. The largest absolute Gasteiger partial charge is 0.489 e. The van der Waals surface area contributed by atoms with Crippen LogP contribution in [0.4, 0.5) is 5.69 Å².